The number of hydrogen-bond acceptors (Lipinski definition) is 4. The lowest BCUT2D eigenvalue weighted by atomic mass is 9.96. The van der Waals surface area contributed by atoms with Gasteiger partial charge in [0.05, 0.1) is 12.0 Å². The molecule has 0 spiro atoms. The summed E-state index contributed by atoms with van der Waals surface area (Å²) in [6.45, 7) is 3.29. The molecule has 0 N–H and O–H groups in total. The number of aryl methyl sites for hydroxylation is 1. The van der Waals surface area contributed by atoms with Gasteiger partial charge in [0.15, 0.2) is 0 Å². The Morgan fingerprint density at radius 2 is 1.66 bits per heavy atom. The second-order valence-corrected chi connectivity index (χ2v) is 9.47. The summed E-state index contributed by atoms with van der Waals surface area (Å²) in [6, 6.07) is 14.5. The van der Waals surface area contributed by atoms with Gasteiger partial charge < -0.3 is 9.64 Å². The van der Waals surface area contributed by atoms with E-state index >= 15 is 0 Å². The highest BCUT2D eigenvalue weighted by molar-refractivity contribution is 7.89. The maximum Gasteiger partial charge on any atom is 0.243 e. The molecule has 1 aliphatic rings. The molecule has 1 heterocycles. The first-order valence-corrected chi connectivity index (χ1v) is 11.2. The monoisotopic (exact) mass is 416 g/mol. The molecule has 1 aliphatic heterocycles. The van der Waals surface area contributed by atoms with Crippen LogP contribution in [0.15, 0.2) is 53.4 Å². The molecule has 0 radical (unpaired) electrons. The topological polar surface area (TPSA) is 66.9 Å². The summed E-state index contributed by atoms with van der Waals surface area (Å²) in [5.74, 6) is 0.546. The summed E-state index contributed by atoms with van der Waals surface area (Å²) in [6.07, 6.45) is 1.07. The van der Waals surface area contributed by atoms with Crippen LogP contribution in [-0.2, 0) is 21.4 Å². The van der Waals surface area contributed by atoms with Crippen LogP contribution < -0.4 is 4.74 Å². The van der Waals surface area contributed by atoms with Crippen molar-refractivity contribution in [2.24, 2.45) is 5.92 Å². The Morgan fingerprint density at radius 1 is 1.07 bits per heavy atom. The first-order chi connectivity index (χ1) is 13.8. The van der Waals surface area contributed by atoms with Crippen molar-refractivity contribution in [1.82, 2.24) is 9.21 Å². The van der Waals surface area contributed by atoms with E-state index in [2.05, 4.69) is 0 Å². The molecule has 2 aromatic carbocycles. The minimum absolute atomic E-state index is 0.0760. The number of methoxy groups -OCH3 is 1. The molecule has 7 heteroatoms. The van der Waals surface area contributed by atoms with Crippen LogP contribution in [0.3, 0.4) is 0 Å². The summed E-state index contributed by atoms with van der Waals surface area (Å²) in [5, 5.41) is 0. The van der Waals surface area contributed by atoms with E-state index in [1.807, 2.05) is 38.2 Å². The lowest BCUT2D eigenvalue weighted by molar-refractivity contribution is -0.135. The number of nitrogens with zero attached hydrogens (tertiary/aromatic N) is 2. The van der Waals surface area contributed by atoms with Crippen molar-refractivity contribution >= 4 is 15.9 Å². The van der Waals surface area contributed by atoms with E-state index in [0.29, 0.717) is 38.2 Å². The van der Waals surface area contributed by atoms with Gasteiger partial charge in [0.1, 0.15) is 5.75 Å². The summed E-state index contributed by atoms with van der Waals surface area (Å²) >= 11 is 0. The van der Waals surface area contributed by atoms with Crippen molar-refractivity contribution in [3.8, 4) is 5.75 Å². The minimum atomic E-state index is -3.56. The fraction of sp³-hybridized carbons (Fsp3) is 0.409. The molecule has 0 aliphatic carbocycles. The quantitative estimate of drug-likeness (QED) is 0.726. The number of rotatable bonds is 6. The molecule has 0 atom stereocenters. The van der Waals surface area contributed by atoms with E-state index in [-0.39, 0.29) is 16.7 Å². The standard InChI is InChI=1S/C22H28N2O4S/c1-17-4-6-18(7-5-17)16-23(2)22(25)19-12-14-24(15-13-19)29(26,27)21-10-8-20(28-3)9-11-21/h4-11,19H,12-16H2,1-3H3. The number of amides is 1. The largest absolute Gasteiger partial charge is 0.497 e. The van der Waals surface area contributed by atoms with Gasteiger partial charge in [-0.3, -0.25) is 4.79 Å². The van der Waals surface area contributed by atoms with Crippen LogP contribution >= 0.6 is 0 Å². The van der Waals surface area contributed by atoms with Crippen LogP contribution in [0.1, 0.15) is 24.0 Å². The number of benzene rings is 2. The second-order valence-electron chi connectivity index (χ2n) is 7.53. The first kappa shape index (κ1) is 21.3. The Labute approximate surface area is 173 Å². The van der Waals surface area contributed by atoms with Gasteiger partial charge in [-0.2, -0.15) is 4.31 Å². The predicted octanol–water partition coefficient (Wildman–Crippen LogP) is 3.06. The van der Waals surface area contributed by atoms with Crippen LogP contribution in [-0.4, -0.2) is 50.8 Å². The van der Waals surface area contributed by atoms with Gasteiger partial charge in [-0.25, -0.2) is 8.42 Å². The van der Waals surface area contributed by atoms with Crippen molar-refractivity contribution < 1.29 is 17.9 Å². The lowest BCUT2D eigenvalue weighted by Crippen LogP contribution is -2.43. The zero-order valence-corrected chi connectivity index (χ0v) is 18.0. The number of piperidine rings is 1. The van der Waals surface area contributed by atoms with Gasteiger partial charge >= 0.3 is 0 Å². The Kier molecular flexibility index (Phi) is 6.59. The number of carbonyl (C=O) groups is 1. The van der Waals surface area contributed by atoms with Gasteiger partial charge in [-0.15, -0.1) is 0 Å². The lowest BCUT2D eigenvalue weighted by Gasteiger charge is -2.32. The zero-order valence-electron chi connectivity index (χ0n) is 17.2. The van der Waals surface area contributed by atoms with Gasteiger partial charge in [-0.1, -0.05) is 29.8 Å². The van der Waals surface area contributed by atoms with Gasteiger partial charge in [-0.05, 0) is 49.6 Å². The SMILES string of the molecule is COc1ccc(S(=O)(=O)N2CCC(C(=O)N(C)Cc3ccc(C)cc3)CC2)cc1. The molecule has 0 aromatic heterocycles. The number of carbonyl (C=O) groups excluding carboxylic acids is 1. The van der Waals surface area contributed by atoms with Gasteiger partial charge in [0.25, 0.3) is 0 Å². The molecule has 3 rings (SSSR count). The highest BCUT2D eigenvalue weighted by atomic mass is 32.2. The molecule has 0 unspecified atom stereocenters. The van der Waals surface area contributed by atoms with Crippen LogP contribution in [0.5, 0.6) is 5.75 Å². The molecule has 1 amide bonds. The molecule has 156 valence electrons. The van der Waals surface area contributed by atoms with Crippen LogP contribution in [0, 0.1) is 12.8 Å². The molecule has 6 nitrogen and oxygen atoms in total. The Hall–Kier alpha value is -2.38. The molecule has 0 bridgehead atoms. The Bertz CT molecular complexity index is 932. The highest BCUT2D eigenvalue weighted by Gasteiger charge is 2.33. The molecular formula is C22H28N2O4S. The fourth-order valence-electron chi connectivity index (χ4n) is 3.60. The first-order valence-electron chi connectivity index (χ1n) is 9.76. The Balaban J connectivity index is 1.58. The normalized spacial score (nSPS) is 15.8. The molecule has 1 saturated heterocycles. The minimum Gasteiger partial charge on any atom is -0.497 e. The number of hydrogen-bond donors (Lipinski definition) is 0. The van der Waals surface area contributed by atoms with Crippen LogP contribution in [0.25, 0.3) is 0 Å². The van der Waals surface area contributed by atoms with E-state index in [1.165, 1.54) is 9.87 Å². The summed E-state index contributed by atoms with van der Waals surface area (Å²) in [4.78, 5) is 14.8. The predicted molar refractivity (Wildman–Crippen MR) is 112 cm³/mol. The van der Waals surface area contributed by atoms with E-state index in [4.69, 9.17) is 4.74 Å². The molecular weight excluding hydrogens is 388 g/mol. The fourth-order valence-corrected chi connectivity index (χ4v) is 5.07. The van der Waals surface area contributed by atoms with E-state index in [0.717, 1.165) is 5.56 Å². The third-order valence-electron chi connectivity index (χ3n) is 5.42. The molecule has 0 saturated carbocycles. The summed E-state index contributed by atoms with van der Waals surface area (Å²) in [7, 11) is -0.205. The third-order valence-corrected chi connectivity index (χ3v) is 7.33. The number of sulfonamides is 1. The van der Waals surface area contributed by atoms with Crippen molar-refractivity contribution in [2.45, 2.75) is 31.2 Å². The molecule has 1 fully saturated rings. The smallest absolute Gasteiger partial charge is 0.243 e. The molecule has 2 aromatic rings. The average molecular weight is 417 g/mol. The number of ether oxygens (including phenoxy) is 1. The third kappa shape index (κ3) is 4.97. The van der Waals surface area contributed by atoms with E-state index in [9.17, 15) is 13.2 Å². The van der Waals surface area contributed by atoms with Gasteiger partial charge in [0, 0.05) is 32.6 Å². The van der Waals surface area contributed by atoms with E-state index in [1.54, 1.807) is 36.3 Å². The summed E-state index contributed by atoms with van der Waals surface area (Å²) in [5.41, 5.74) is 2.28. The van der Waals surface area contributed by atoms with Crippen molar-refractivity contribution in [1.29, 1.82) is 0 Å². The maximum absolute atomic E-state index is 12.9. The van der Waals surface area contributed by atoms with Crippen LogP contribution in [0.4, 0.5) is 0 Å². The van der Waals surface area contributed by atoms with E-state index < -0.39 is 10.0 Å². The second kappa shape index (κ2) is 8.97. The maximum atomic E-state index is 12.9. The highest BCUT2D eigenvalue weighted by Crippen LogP contribution is 2.26. The van der Waals surface area contributed by atoms with Gasteiger partial charge in [0.2, 0.25) is 15.9 Å². The van der Waals surface area contributed by atoms with Crippen LogP contribution in [0.2, 0.25) is 0 Å². The Morgan fingerprint density at radius 3 is 2.21 bits per heavy atom. The average Bonchev–Trinajstić information content (AvgIpc) is 2.75. The van der Waals surface area contributed by atoms with Crippen molar-refractivity contribution in [2.75, 3.05) is 27.2 Å². The van der Waals surface area contributed by atoms with Crippen molar-refractivity contribution in [3.63, 3.8) is 0 Å². The molecule has 29 heavy (non-hydrogen) atoms. The summed E-state index contributed by atoms with van der Waals surface area (Å²) < 4.78 is 32.3. The van der Waals surface area contributed by atoms with Crippen molar-refractivity contribution in [3.05, 3.63) is 59.7 Å². The zero-order chi connectivity index (χ0) is 21.0.